The fraction of sp³-hybridized carbons (Fsp3) is 0.846. The van der Waals surface area contributed by atoms with Crippen LogP contribution in [0.15, 0.2) is 4.52 Å². The van der Waals surface area contributed by atoms with Crippen molar-refractivity contribution in [2.75, 3.05) is 0 Å². The molecule has 0 fully saturated rings. The lowest BCUT2D eigenvalue weighted by molar-refractivity contribution is 0.300. The summed E-state index contributed by atoms with van der Waals surface area (Å²) in [7, 11) is 0. The molecule has 0 saturated heterocycles. The van der Waals surface area contributed by atoms with Crippen LogP contribution in [0.3, 0.4) is 0 Å². The van der Waals surface area contributed by atoms with Crippen LogP contribution < -0.4 is 5.73 Å². The van der Waals surface area contributed by atoms with Crippen LogP contribution >= 0.6 is 0 Å². The summed E-state index contributed by atoms with van der Waals surface area (Å²) in [6.45, 7) is 10.4. The maximum Gasteiger partial charge on any atom is 0.232 e. The molecule has 1 aromatic rings. The third-order valence-corrected chi connectivity index (χ3v) is 3.12. The summed E-state index contributed by atoms with van der Waals surface area (Å²) in [4.78, 5) is 4.47. The van der Waals surface area contributed by atoms with Crippen molar-refractivity contribution in [1.29, 1.82) is 0 Å². The van der Waals surface area contributed by atoms with E-state index in [2.05, 4.69) is 44.8 Å². The minimum atomic E-state index is -0.441. The Labute approximate surface area is 104 Å². The first-order valence-electron chi connectivity index (χ1n) is 6.47. The largest absolute Gasteiger partial charge is 0.339 e. The van der Waals surface area contributed by atoms with Crippen molar-refractivity contribution in [1.82, 2.24) is 10.1 Å². The fourth-order valence-corrected chi connectivity index (χ4v) is 1.67. The van der Waals surface area contributed by atoms with Gasteiger partial charge in [-0.2, -0.15) is 4.98 Å². The van der Waals surface area contributed by atoms with Crippen molar-refractivity contribution in [3.05, 3.63) is 11.7 Å². The van der Waals surface area contributed by atoms with Gasteiger partial charge in [-0.3, -0.25) is 0 Å². The summed E-state index contributed by atoms with van der Waals surface area (Å²) in [6.07, 6.45) is 3.95. The van der Waals surface area contributed by atoms with E-state index < -0.39 is 5.54 Å². The molecule has 0 aliphatic carbocycles. The van der Waals surface area contributed by atoms with Crippen LogP contribution in [0.5, 0.6) is 0 Å². The zero-order valence-electron chi connectivity index (χ0n) is 11.7. The zero-order valence-corrected chi connectivity index (χ0v) is 11.7. The number of nitrogens with two attached hydrogens (primary N) is 1. The van der Waals surface area contributed by atoms with Crippen LogP contribution in [-0.2, 0) is 11.0 Å². The Morgan fingerprint density at radius 3 is 2.29 bits per heavy atom. The summed E-state index contributed by atoms with van der Waals surface area (Å²) in [6, 6.07) is 0. The minimum absolute atomic E-state index is 0.120. The Bertz CT molecular complexity index is 354. The van der Waals surface area contributed by atoms with Gasteiger partial charge in [-0.15, -0.1) is 0 Å². The molecular formula is C13H25N3O. The molecule has 4 nitrogen and oxygen atoms in total. The van der Waals surface area contributed by atoms with Gasteiger partial charge in [0, 0.05) is 5.41 Å². The highest BCUT2D eigenvalue weighted by Crippen LogP contribution is 2.28. The van der Waals surface area contributed by atoms with E-state index in [1.165, 1.54) is 0 Å². The fourth-order valence-electron chi connectivity index (χ4n) is 1.67. The van der Waals surface area contributed by atoms with Gasteiger partial charge in [0.1, 0.15) is 0 Å². The number of hydrogen-bond acceptors (Lipinski definition) is 4. The predicted molar refractivity (Wildman–Crippen MR) is 68.7 cm³/mol. The standard InChI is InChI=1S/C13H25N3O/c1-6-8-9-13(14,7-2)10-15-11(17-16-10)12(3,4)5/h6-9,14H2,1-5H3. The second-order valence-corrected chi connectivity index (χ2v) is 5.79. The molecule has 0 aliphatic heterocycles. The van der Waals surface area contributed by atoms with Crippen LogP contribution in [0.2, 0.25) is 0 Å². The molecule has 4 heteroatoms. The molecule has 0 spiro atoms. The van der Waals surface area contributed by atoms with E-state index >= 15 is 0 Å². The predicted octanol–water partition coefficient (Wildman–Crippen LogP) is 3.12. The summed E-state index contributed by atoms with van der Waals surface area (Å²) < 4.78 is 5.32. The maximum atomic E-state index is 6.38. The Morgan fingerprint density at radius 1 is 1.24 bits per heavy atom. The maximum absolute atomic E-state index is 6.38. The summed E-state index contributed by atoms with van der Waals surface area (Å²) >= 11 is 0. The second kappa shape index (κ2) is 5.17. The smallest absolute Gasteiger partial charge is 0.232 e. The van der Waals surface area contributed by atoms with Gasteiger partial charge in [0.05, 0.1) is 5.54 Å². The van der Waals surface area contributed by atoms with Crippen LogP contribution in [-0.4, -0.2) is 10.1 Å². The molecule has 0 saturated carbocycles. The van der Waals surface area contributed by atoms with Crippen molar-refractivity contribution in [3.8, 4) is 0 Å². The molecule has 0 bridgehead atoms. The number of rotatable bonds is 5. The van der Waals surface area contributed by atoms with Crippen molar-refractivity contribution in [2.24, 2.45) is 5.73 Å². The highest BCUT2D eigenvalue weighted by Gasteiger charge is 2.32. The number of aromatic nitrogens is 2. The minimum Gasteiger partial charge on any atom is -0.339 e. The quantitative estimate of drug-likeness (QED) is 0.857. The first-order chi connectivity index (χ1) is 7.83. The van der Waals surface area contributed by atoms with Gasteiger partial charge in [-0.05, 0) is 12.8 Å². The van der Waals surface area contributed by atoms with Crippen LogP contribution in [0.25, 0.3) is 0 Å². The lowest BCUT2D eigenvalue weighted by atomic mass is 9.90. The second-order valence-electron chi connectivity index (χ2n) is 5.79. The van der Waals surface area contributed by atoms with Crippen molar-refractivity contribution >= 4 is 0 Å². The molecule has 1 rings (SSSR count). The number of unbranched alkanes of at least 4 members (excludes halogenated alkanes) is 1. The van der Waals surface area contributed by atoms with Crippen LogP contribution in [0.4, 0.5) is 0 Å². The van der Waals surface area contributed by atoms with Gasteiger partial charge < -0.3 is 10.3 Å². The Balaban J connectivity index is 2.93. The molecule has 0 amide bonds. The van der Waals surface area contributed by atoms with Gasteiger partial charge in [-0.1, -0.05) is 52.6 Å². The Morgan fingerprint density at radius 2 is 1.88 bits per heavy atom. The van der Waals surface area contributed by atoms with Gasteiger partial charge in [0.25, 0.3) is 0 Å². The molecular weight excluding hydrogens is 214 g/mol. The van der Waals surface area contributed by atoms with E-state index in [4.69, 9.17) is 10.3 Å². The van der Waals surface area contributed by atoms with Crippen molar-refractivity contribution in [2.45, 2.75) is 71.3 Å². The summed E-state index contributed by atoms with van der Waals surface area (Å²) in [5, 5.41) is 4.07. The third-order valence-electron chi connectivity index (χ3n) is 3.12. The molecule has 1 atom stereocenters. The summed E-state index contributed by atoms with van der Waals surface area (Å²) in [5.74, 6) is 1.31. The topological polar surface area (TPSA) is 64.9 Å². The van der Waals surface area contributed by atoms with Gasteiger partial charge in [0.15, 0.2) is 5.82 Å². The molecule has 0 aromatic carbocycles. The molecule has 17 heavy (non-hydrogen) atoms. The van der Waals surface area contributed by atoms with E-state index in [9.17, 15) is 0 Å². The third kappa shape index (κ3) is 3.28. The van der Waals surface area contributed by atoms with Gasteiger partial charge >= 0.3 is 0 Å². The number of nitrogens with zero attached hydrogens (tertiary/aromatic N) is 2. The van der Waals surface area contributed by atoms with Crippen LogP contribution in [0, 0.1) is 0 Å². The van der Waals surface area contributed by atoms with E-state index in [0.717, 1.165) is 25.7 Å². The summed E-state index contributed by atoms with van der Waals surface area (Å²) in [5.41, 5.74) is 5.81. The van der Waals surface area contributed by atoms with E-state index in [-0.39, 0.29) is 5.41 Å². The Kier molecular flexibility index (Phi) is 4.31. The molecule has 0 aliphatic rings. The lowest BCUT2D eigenvalue weighted by Gasteiger charge is -2.24. The molecule has 1 unspecified atom stereocenters. The molecule has 1 aromatic heterocycles. The highest BCUT2D eigenvalue weighted by atomic mass is 16.5. The van der Waals surface area contributed by atoms with Crippen molar-refractivity contribution < 1.29 is 4.52 Å². The molecule has 1 heterocycles. The van der Waals surface area contributed by atoms with Gasteiger partial charge in [0.2, 0.25) is 5.89 Å². The normalized spacial score (nSPS) is 15.9. The van der Waals surface area contributed by atoms with E-state index in [1.54, 1.807) is 0 Å². The molecule has 98 valence electrons. The van der Waals surface area contributed by atoms with E-state index in [0.29, 0.717) is 11.7 Å². The van der Waals surface area contributed by atoms with Crippen molar-refractivity contribution in [3.63, 3.8) is 0 Å². The molecule has 0 radical (unpaired) electrons. The lowest BCUT2D eigenvalue weighted by Crippen LogP contribution is -2.37. The van der Waals surface area contributed by atoms with Gasteiger partial charge in [-0.25, -0.2) is 0 Å². The monoisotopic (exact) mass is 239 g/mol. The number of hydrogen-bond donors (Lipinski definition) is 1. The van der Waals surface area contributed by atoms with Crippen LogP contribution in [0.1, 0.15) is 72.0 Å². The first kappa shape index (κ1) is 14.2. The zero-order chi connectivity index (χ0) is 13.1. The SMILES string of the molecule is CCCCC(N)(CC)c1noc(C(C)(C)C)n1. The average Bonchev–Trinajstić information content (AvgIpc) is 2.75. The average molecular weight is 239 g/mol. The molecule has 2 N–H and O–H groups in total. The highest BCUT2D eigenvalue weighted by molar-refractivity contribution is 5.07. The first-order valence-corrected chi connectivity index (χ1v) is 6.47. The Hall–Kier alpha value is -0.900. The van der Waals surface area contributed by atoms with E-state index in [1.807, 2.05) is 0 Å².